The van der Waals surface area contributed by atoms with E-state index in [9.17, 15) is 0 Å². The average molecular weight is 552 g/mol. The van der Waals surface area contributed by atoms with Gasteiger partial charge in [0.1, 0.15) is 11.9 Å². The zero-order chi connectivity index (χ0) is 20.2. The van der Waals surface area contributed by atoms with E-state index < -0.39 is 0 Å². The van der Waals surface area contributed by atoms with Crippen molar-refractivity contribution in [2.45, 2.75) is 26.4 Å². The number of hydrogen-bond donors (Lipinski definition) is 1. The largest absolute Gasteiger partial charge is 1.00 e. The normalized spacial score (nSPS) is 14.0. The Kier molecular flexibility index (Phi) is 9.06. The molecule has 0 spiro atoms. The van der Waals surface area contributed by atoms with Gasteiger partial charge in [-0.25, -0.2) is 8.97 Å². The number of nitrogens with zero attached hydrogens (tertiary/aromatic N) is 5. The summed E-state index contributed by atoms with van der Waals surface area (Å²) in [5.74, 6) is 1.30. The molecule has 1 aromatic carbocycles. The molecule has 9 heteroatoms. The van der Waals surface area contributed by atoms with Gasteiger partial charge in [-0.3, -0.25) is 0 Å². The van der Waals surface area contributed by atoms with Crippen LogP contribution in [-0.4, -0.2) is 34.7 Å². The van der Waals surface area contributed by atoms with Gasteiger partial charge in [0.05, 0.1) is 19.5 Å². The van der Waals surface area contributed by atoms with Gasteiger partial charge in [0.2, 0.25) is 5.96 Å². The summed E-state index contributed by atoms with van der Waals surface area (Å²) in [6, 6.07) is 12.1. The number of aryl methyl sites for hydroxylation is 2. The molecule has 0 radical (unpaired) electrons. The molecule has 4 rings (SSSR count). The Hall–Kier alpha value is -2.39. The number of guanidine groups is 1. The monoisotopic (exact) mass is 550 g/mol. The Morgan fingerprint density at radius 1 is 1.19 bits per heavy atom. The summed E-state index contributed by atoms with van der Waals surface area (Å²) in [6.07, 6.45) is 8.20. The molecule has 1 fully saturated rings. The summed E-state index contributed by atoms with van der Waals surface area (Å²) in [6.45, 7) is 4.53. The lowest BCUT2D eigenvalue weighted by Gasteiger charge is -2.13. The molecule has 0 amide bonds. The Labute approximate surface area is 203 Å². The van der Waals surface area contributed by atoms with E-state index in [0.29, 0.717) is 12.6 Å². The fraction of sp³-hybridized carbons (Fsp3) is 0.318. The Morgan fingerprint density at radius 2 is 1.90 bits per heavy atom. The topological polar surface area (TPSA) is 72.2 Å². The van der Waals surface area contributed by atoms with Crippen LogP contribution < -0.4 is 31.9 Å². The van der Waals surface area contributed by atoms with Crippen molar-refractivity contribution in [3.63, 3.8) is 0 Å². The van der Waals surface area contributed by atoms with Crippen LogP contribution in [0.3, 0.4) is 0 Å². The predicted octanol–water partition coefficient (Wildman–Crippen LogP) is -0.0225. The van der Waals surface area contributed by atoms with E-state index in [4.69, 9.17) is 10.5 Å². The molecule has 166 valence electrons. The van der Waals surface area contributed by atoms with E-state index in [0.717, 1.165) is 35.7 Å². The van der Waals surface area contributed by atoms with Gasteiger partial charge in [0.25, 0.3) is 5.65 Å². The maximum absolute atomic E-state index is 5.96. The molecular formula is C22H28Br2N6O. The number of pyridine rings is 1. The number of aromatic nitrogens is 2. The van der Waals surface area contributed by atoms with E-state index in [1.807, 2.05) is 24.3 Å². The van der Waals surface area contributed by atoms with E-state index in [-0.39, 0.29) is 34.0 Å². The van der Waals surface area contributed by atoms with Crippen molar-refractivity contribution in [2.75, 3.05) is 13.1 Å². The first-order valence-corrected chi connectivity index (χ1v) is 9.91. The molecule has 0 unspecified atom stereocenters. The van der Waals surface area contributed by atoms with Gasteiger partial charge in [-0.2, -0.15) is 5.10 Å². The predicted molar refractivity (Wildman–Crippen MR) is 124 cm³/mol. The van der Waals surface area contributed by atoms with Gasteiger partial charge in [-0.1, -0.05) is 0 Å². The van der Waals surface area contributed by atoms with Crippen molar-refractivity contribution >= 4 is 34.8 Å². The molecule has 31 heavy (non-hydrogen) atoms. The van der Waals surface area contributed by atoms with Crippen LogP contribution in [0.4, 0.5) is 0 Å². The van der Waals surface area contributed by atoms with E-state index in [1.54, 1.807) is 6.21 Å². The van der Waals surface area contributed by atoms with E-state index in [2.05, 4.69) is 62.6 Å². The SMILES string of the molecule is Br.Cc1cc[n+]2cc(COc3ccc(/C=N/N=C(\N)N4CCCC4)cc3)n(C)c2c1.[Br-]. The van der Waals surface area contributed by atoms with Gasteiger partial charge in [0, 0.05) is 19.2 Å². The minimum atomic E-state index is 0. The molecule has 2 aromatic heterocycles. The number of benzene rings is 1. The molecule has 7 nitrogen and oxygen atoms in total. The highest BCUT2D eigenvalue weighted by Crippen LogP contribution is 2.14. The van der Waals surface area contributed by atoms with Crippen LogP contribution in [0.5, 0.6) is 5.75 Å². The summed E-state index contributed by atoms with van der Waals surface area (Å²) in [4.78, 5) is 2.06. The Bertz CT molecular complexity index is 1060. The molecule has 0 saturated carbocycles. The van der Waals surface area contributed by atoms with Crippen molar-refractivity contribution in [1.82, 2.24) is 9.47 Å². The van der Waals surface area contributed by atoms with Crippen LogP contribution in [0.25, 0.3) is 5.65 Å². The fourth-order valence-electron chi connectivity index (χ4n) is 3.48. The number of fused-ring (bicyclic) bond motifs is 1. The van der Waals surface area contributed by atoms with Crippen LogP contribution in [0, 0.1) is 6.92 Å². The van der Waals surface area contributed by atoms with Crippen molar-refractivity contribution in [2.24, 2.45) is 23.0 Å². The maximum atomic E-state index is 5.96. The van der Waals surface area contributed by atoms with Crippen LogP contribution in [0.15, 0.2) is 59.0 Å². The molecule has 0 aliphatic carbocycles. The summed E-state index contributed by atoms with van der Waals surface area (Å²) in [5, 5.41) is 8.19. The highest BCUT2D eigenvalue weighted by Gasteiger charge is 2.15. The third kappa shape index (κ3) is 6.07. The van der Waals surface area contributed by atoms with Gasteiger partial charge >= 0.3 is 0 Å². The lowest BCUT2D eigenvalue weighted by atomic mass is 10.2. The van der Waals surface area contributed by atoms with Gasteiger partial charge < -0.3 is 32.4 Å². The average Bonchev–Trinajstić information content (AvgIpc) is 3.37. The summed E-state index contributed by atoms with van der Waals surface area (Å²) < 4.78 is 10.2. The number of rotatable bonds is 5. The van der Waals surface area contributed by atoms with Crippen molar-refractivity contribution < 1.29 is 26.1 Å². The van der Waals surface area contributed by atoms with Crippen LogP contribution in [0.2, 0.25) is 0 Å². The minimum absolute atomic E-state index is 0. The van der Waals surface area contributed by atoms with Crippen molar-refractivity contribution in [3.05, 3.63) is 65.6 Å². The Morgan fingerprint density at radius 3 is 2.61 bits per heavy atom. The third-order valence-electron chi connectivity index (χ3n) is 5.25. The number of halogens is 2. The number of ether oxygens (including phenoxy) is 1. The molecule has 0 atom stereocenters. The molecule has 1 aliphatic rings. The zero-order valence-electron chi connectivity index (χ0n) is 17.7. The summed E-state index contributed by atoms with van der Waals surface area (Å²) in [5.41, 5.74) is 10.4. The number of imidazole rings is 1. The van der Waals surface area contributed by atoms with E-state index >= 15 is 0 Å². The quantitative estimate of drug-likeness (QED) is 0.210. The third-order valence-corrected chi connectivity index (χ3v) is 5.25. The van der Waals surface area contributed by atoms with Crippen LogP contribution >= 0.6 is 17.0 Å². The number of likely N-dealkylation sites (tertiary alicyclic amines) is 1. The fourth-order valence-corrected chi connectivity index (χ4v) is 3.48. The molecule has 0 bridgehead atoms. The molecule has 3 aromatic rings. The molecule has 1 aliphatic heterocycles. The Balaban J connectivity index is 0.00000171. The second-order valence-corrected chi connectivity index (χ2v) is 7.40. The second-order valence-electron chi connectivity index (χ2n) is 7.40. The van der Waals surface area contributed by atoms with Crippen molar-refractivity contribution in [3.8, 4) is 5.75 Å². The summed E-state index contributed by atoms with van der Waals surface area (Å²) >= 11 is 0. The lowest BCUT2D eigenvalue weighted by molar-refractivity contribution is -0.511. The summed E-state index contributed by atoms with van der Waals surface area (Å²) in [7, 11) is 2.06. The van der Waals surface area contributed by atoms with Gasteiger partial charge in [-0.15, -0.1) is 22.1 Å². The first-order valence-electron chi connectivity index (χ1n) is 9.91. The second kappa shape index (κ2) is 11.3. The maximum Gasteiger partial charge on any atom is 0.286 e. The van der Waals surface area contributed by atoms with Gasteiger partial charge in [-0.05, 0) is 61.2 Å². The van der Waals surface area contributed by atoms with Gasteiger partial charge in [0.15, 0.2) is 12.3 Å². The van der Waals surface area contributed by atoms with Crippen LogP contribution in [-0.2, 0) is 13.7 Å². The lowest BCUT2D eigenvalue weighted by Crippen LogP contribution is -3.00. The first-order chi connectivity index (χ1) is 14.1. The molecule has 1 saturated heterocycles. The number of nitrogens with two attached hydrogens (primary N) is 1. The molecule has 2 N–H and O–H groups in total. The highest BCUT2D eigenvalue weighted by atomic mass is 79.9. The first kappa shape index (κ1) is 24.9. The molecular weight excluding hydrogens is 524 g/mol. The smallest absolute Gasteiger partial charge is 0.286 e. The minimum Gasteiger partial charge on any atom is -1.00 e. The van der Waals surface area contributed by atoms with Crippen LogP contribution in [0.1, 0.15) is 29.7 Å². The highest BCUT2D eigenvalue weighted by molar-refractivity contribution is 8.93. The zero-order valence-corrected chi connectivity index (χ0v) is 21.0. The van der Waals surface area contributed by atoms with Crippen molar-refractivity contribution in [1.29, 1.82) is 0 Å². The standard InChI is InChI=1S/C22H27N6O.2BrH/c1-17-9-12-28-15-19(26(2)21(28)13-17)16-29-20-7-5-18(6-8-20)14-24-25-22(23)27-10-3-4-11-27;;/h5-9,12-15H,3-4,10-11,16H2,1-2H3,(H2,23,25);2*1H/q+1;;/p-1/b24-14+;;. The molecule has 3 heterocycles. The van der Waals surface area contributed by atoms with E-state index in [1.165, 1.54) is 18.4 Å². The number of hydrogen-bond acceptors (Lipinski definition) is 3.